The molecule has 0 radical (unpaired) electrons. The van der Waals surface area contributed by atoms with Crippen LogP contribution in [0.2, 0.25) is 0 Å². The molecule has 2 unspecified atom stereocenters. The fourth-order valence-corrected chi connectivity index (χ4v) is 9.11. The van der Waals surface area contributed by atoms with Crippen molar-refractivity contribution in [3.63, 3.8) is 0 Å². The maximum atomic E-state index is 13.8. The molecule has 208 valence electrons. The molecule has 3 N–H and O–H groups in total. The number of aliphatic hydroxyl groups excluding tert-OH is 1. The number of aliphatic hydroxyl groups is 1. The first kappa shape index (κ1) is 27.2. The Kier molecular flexibility index (Phi) is 7.91. The summed E-state index contributed by atoms with van der Waals surface area (Å²) in [6.07, 6.45) is 1.42. The zero-order valence-corrected chi connectivity index (χ0v) is 22.9. The molecule has 4 fully saturated rings. The van der Waals surface area contributed by atoms with Crippen LogP contribution in [0.15, 0.2) is 24.3 Å². The number of carbonyl (C=O) groups is 3. The van der Waals surface area contributed by atoms with Gasteiger partial charge >= 0.3 is 0 Å². The van der Waals surface area contributed by atoms with Crippen LogP contribution < -0.4 is 15.4 Å². The van der Waals surface area contributed by atoms with E-state index in [2.05, 4.69) is 15.5 Å². The third-order valence-corrected chi connectivity index (χ3v) is 10.4. The predicted molar refractivity (Wildman–Crippen MR) is 144 cm³/mol. The highest BCUT2D eigenvalue weighted by Crippen LogP contribution is 2.71. The van der Waals surface area contributed by atoms with Crippen LogP contribution in [0.1, 0.15) is 26.7 Å². The van der Waals surface area contributed by atoms with Crippen LogP contribution in [0.4, 0.5) is 5.69 Å². The average Bonchev–Trinajstić information content (AvgIpc) is 3.47. The van der Waals surface area contributed by atoms with Crippen molar-refractivity contribution in [3.05, 3.63) is 24.3 Å². The summed E-state index contributed by atoms with van der Waals surface area (Å²) in [4.78, 5) is 44.9. The molecule has 1 aromatic carbocycles. The first-order valence-electron chi connectivity index (χ1n) is 13.6. The molecule has 4 aliphatic heterocycles. The number of benzene rings is 1. The summed E-state index contributed by atoms with van der Waals surface area (Å²) in [5.74, 6) is -1.09. The van der Waals surface area contributed by atoms with Gasteiger partial charge in [-0.2, -0.15) is 0 Å². The summed E-state index contributed by atoms with van der Waals surface area (Å²) in [5, 5.41) is 15.8. The van der Waals surface area contributed by atoms with Crippen molar-refractivity contribution in [2.75, 3.05) is 64.5 Å². The highest BCUT2D eigenvalue weighted by atomic mass is 32.2. The molecule has 0 aromatic heterocycles. The average molecular weight is 547 g/mol. The van der Waals surface area contributed by atoms with E-state index in [1.54, 1.807) is 36.0 Å². The largest absolute Gasteiger partial charge is 0.494 e. The van der Waals surface area contributed by atoms with Crippen LogP contribution in [0.5, 0.6) is 5.75 Å². The number of hydrogen-bond donors (Lipinski definition) is 3. The van der Waals surface area contributed by atoms with Crippen LogP contribution >= 0.6 is 11.8 Å². The lowest BCUT2D eigenvalue weighted by Crippen LogP contribution is -2.55. The van der Waals surface area contributed by atoms with Gasteiger partial charge in [-0.1, -0.05) is 0 Å². The number of morpholine rings is 1. The Morgan fingerprint density at radius 1 is 1.16 bits per heavy atom. The molecular formula is C27H38N4O6S. The third kappa shape index (κ3) is 4.78. The van der Waals surface area contributed by atoms with Crippen molar-refractivity contribution in [1.29, 1.82) is 0 Å². The molecule has 4 saturated heterocycles. The number of ether oxygens (including phenoxy) is 2. The number of nitrogens with one attached hydrogen (secondary N) is 2. The Hall–Kier alpha value is -2.34. The van der Waals surface area contributed by atoms with Gasteiger partial charge in [0.15, 0.2) is 0 Å². The normalized spacial score (nSPS) is 32.3. The summed E-state index contributed by atoms with van der Waals surface area (Å²) in [6.45, 7) is 8.58. The summed E-state index contributed by atoms with van der Waals surface area (Å²) in [6, 6.07) is 6.48. The summed E-state index contributed by atoms with van der Waals surface area (Å²) >= 11 is 1.63. The molecule has 11 heteroatoms. The van der Waals surface area contributed by atoms with E-state index < -0.39 is 27.4 Å². The highest BCUT2D eigenvalue weighted by molar-refractivity contribution is 8.02. The van der Waals surface area contributed by atoms with E-state index in [4.69, 9.17) is 9.47 Å². The lowest BCUT2D eigenvalue weighted by molar-refractivity contribution is -0.140. The molecule has 4 aliphatic rings. The van der Waals surface area contributed by atoms with Crippen LogP contribution in [0.3, 0.4) is 0 Å². The monoisotopic (exact) mass is 546 g/mol. The minimum atomic E-state index is -0.716. The van der Waals surface area contributed by atoms with Gasteiger partial charge < -0.3 is 30.1 Å². The molecule has 2 bridgehead atoms. The Balaban J connectivity index is 1.34. The van der Waals surface area contributed by atoms with Gasteiger partial charge in [0, 0.05) is 43.2 Å². The number of fused-ring (bicyclic) bond motifs is 1. The van der Waals surface area contributed by atoms with Gasteiger partial charge in [0.1, 0.15) is 11.8 Å². The number of carbonyl (C=O) groups excluding carboxylic acids is 3. The van der Waals surface area contributed by atoms with Crippen LogP contribution in [-0.2, 0) is 19.1 Å². The van der Waals surface area contributed by atoms with Crippen molar-refractivity contribution in [1.82, 2.24) is 15.1 Å². The Bertz CT molecular complexity index is 1050. The molecule has 38 heavy (non-hydrogen) atoms. The lowest BCUT2D eigenvalue weighted by atomic mass is 9.66. The molecule has 1 spiro atoms. The van der Waals surface area contributed by atoms with E-state index in [1.807, 2.05) is 13.8 Å². The molecule has 0 saturated carbocycles. The van der Waals surface area contributed by atoms with Gasteiger partial charge in [0.25, 0.3) is 0 Å². The third-order valence-electron chi connectivity index (χ3n) is 8.41. The van der Waals surface area contributed by atoms with Crippen molar-refractivity contribution >= 4 is 35.2 Å². The smallest absolute Gasteiger partial charge is 0.244 e. The quantitative estimate of drug-likeness (QED) is 0.397. The van der Waals surface area contributed by atoms with Crippen molar-refractivity contribution in [3.8, 4) is 5.75 Å². The van der Waals surface area contributed by atoms with Crippen molar-refractivity contribution in [2.45, 2.75) is 42.2 Å². The van der Waals surface area contributed by atoms with E-state index in [9.17, 15) is 19.5 Å². The molecule has 1 aromatic rings. The van der Waals surface area contributed by atoms with E-state index in [-0.39, 0.29) is 30.9 Å². The number of likely N-dealkylation sites (tertiary alicyclic amines) is 1. The molecule has 0 aliphatic carbocycles. The topological polar surface area (TPSA) is 120 Å². The van der Waals surface area contributed by atoms with Gasteiger partial charge in [-0.3, -0.25) is 19.3 Å². The zero-order chi connectivity index (χ0) is 26.9. The van der Waals surface area contributed by atoms with Gasteiger partial charge in [0.2, 0.25) is 17.7 Å². The van der Waals surface area contributed by atoms with E-state index in [0.717, 1.165) is 25.3 Å². The summed E-state index contributed by atoms with van der Waals surface area (Å²) in [7, 11) is 0. The van der Waals surface area contributed by atoms with Crippen LogP contribution in [0.25, 0.3) is 0 Å². The second kappa shape index (κ2) is 11.0. The van der Waals surface area contributed by atoms with E-state index in [1.165, 1.54) is 4.90 Å². The Labute approximate surface area is 227 Å². The number of amides is 3. The number of hydrogen-bond acceptors (Lipinski definition) is 8. The zero-order valence-electron chi connectivity index (χ0n) is 22.1. The Morgan fingerprint density at radius 2 is 1.89 bits per heavy atom. The van der Waals surface area contributed by atoms with Gasteiger partial charge in [-0.25, -0.2) is 0 Å². The lowest BCUT2D eigenvalue weighted by Gasteiger charge is -2.35. The van der Waals surface area contributed by atoms with Gasteiger partial charge in [-0.05, 0) is 51.0 Å². The maximum absolute atomic E-state index is 13.8. The molecular weight excluding hydrogens is 508 g/mol. The van der Waals surface area contributed by atoms with Crippen molar-refractivity contribution < 1.29 is 29.0 Å². The number of rotatable bonds is 10. The molecule has 4 heterocycles. The van der Waals surface area contributed by atoms with Crippen molar-refractivity contribution in [2.24, 2.45) is 11.8 Å². The number of β-amino-alcohol motifs (C(OH)–C–C–N with tert-alkyl or cyclic N) is 1. The minimum absolute atomic E-state index is 0.0726. The predicted octanol–water partition coefficient (Wildman–Crippen LogP) is 0.946. The molecule has 5 atom stereocenters. The number of thioether (sulfide) groups is 1. The standard InChI is InChI=1S/C27H38N4O6S/c1-3-37-19-6-4-18(5-7-19)29-23(33)20-21-25(35)31(12-15-32)22(27(21)9-8-26(20,2)38-27)24(34)28-10-11-30-13-16-36-17-14-30/h4-7,20-22,32H,3,8-17H2,1-2H3,(H,28,34)(H,29,33)/t20-,21+,22?,26+,27?/m1/s1. The first-order valence-corrected chi connectivity index (χ1v) is 14.4. The van der Waals surface area contributed by atoms with E-state index in [0.29, 0.717) is 45.0 Å². The second-order valence-electron chi connectivity index (χ2n) is 10.7. The fourth-order valence-electron chi connectivity index (χ4n) is 6.76. The number of anilines is 1. The fraction of sp³-hybridized carbons (Fsp3) is 0.667. The van der Waals surface area contributed by atoms with Crippen LogP contribution in [0, 0.1) is 11.8 Å². The second-order valence-corrected chi connectivity index (χ2v) is 12.6. The summed E-state index contributed by atoms with van der Waals surface area (Å²) in [5.41, 5.74) is 0.638. The Morgan fingerprint density at radius 3 is 2.58 bits per heavy atom. The molecule has 10 nitrogen and oxygen atoms in total. The maximum Gasteiger partial charge on any atom is 0.244 e. The number of nitrogens with zero attached hydrogens (tertiary/aromatic N) is 2. The minimum Gasteiger partial charge on any atom is -0.494 e. The van der Waals surface area contributed by atoms with E-state index >= 15 is 0 Å². The summed E-state index contributed by atoms with van der Waals surface area (Å²) < 4.78 is 9.74. The van der Waals surface area contributed by atoms with Gasteiger partial charge in [0.05, 0.1) is 43.0 Å². The molecule has 5 rings (SSSR count). The highest BCUT2D eigenvalue weighted by Gasteiger charge is 2.77. The van der Waals surface area contributed by atoms with Gasteiger partial charge in [-0.15, -0.1) is 11.8 Å². The molecule has 3 amide bonds. The van der Waals surface area contributed by atoms with Crippen LogP contribution in [-0.4, -0.2) is 107 Å². The SMILES string of the molecule is CCOc1ccc(NC(=O)[C@H]2[C@H]3C(=O)N(CCO)C(C(=O)NCCN4CCOCC4)C34CC[C@]2(C)S4)cc1. The first-order chi connectivity index (χ1) is 18.3.